The Bertz CT molecular complexity index is 797. The van der Waals surface area contributed by atoms with Crippen molar-refractivity contribution in [2.24, 2.45) is 0 Å². The molecule has 0 N–H and O–H groups in total. The molecule has 141 valence electrons. The predicted octanol–water partition coefficient (Wildman–Crippen LogP) is 6.34. The third-order valence-electron chi connectivity index (χ3n) is 3.75. The molecule has 0 aromatic heterocycles. The zero-order valence-electron chi connectivity index (χ0n) is 13.2. The molecule has 0 atom stereocenters. The number of alkyl halides is 7. The van der Waals surface area contributed by atoms with Crippen LogP contribution in [0, 0.1) is 31.5 Å². The van der Waals surface area contributed by atoms with E-state index in [1.165, 1.54) is 0 Å². The number of rotatable bonds is 2. The van der Waals surface area contributed by atoms with Crippen LogP contribution >= 0.6 is 0 Å². The van der Waals surface area contributed by atoms with Crippen LogP contribution in [0.4, 0.5) is 39.5 Å². The highest BCUT2D eigenvalue weighted by molar-refractivity contribution is 5.74. The highest BCUT2D eigenvalue weighted by Crippen LogP contribution is 2.56. The fourth-order valence-electron chi connectivity index (χ4n) is 2.68. The fraction of sp³-hybridized carbons (Fsp3) is 0.294. The van der Waals surface area contributed by atoms with Crippen LogP contribution < -0.4 is 0 Å². The van der Waals surface area contributed by atoms with Crippen LogP contribution in [0.1, 0.15) is 16.7 Å². The molecular formula is C17H10F9. The van der Waals surface area contributed by atoms with Gasteiger partial charge in [0, 0.05) is 5.56 Å². The van der Waals surface area contributed by atoms with Crippen molar-refractivity contribution in [3.8, 4) is 11.1 Å². The number of benzene rings is 2. The number of hydrogen-bond acceptors (Lipinski definition) is 0. The van der Waals surface area contributed by atoms with Crippen molar-refractivity contribution in [3.63, 3.8) is 0 Å². The topological polar surface area (TPSA) is 0 Å². The lowest BCUT2D eigenvalue weighted by Crippen LogP contribution is -2.50. The zero-order chi connectivity index (χ0) is 20.1. The molecule has 0 nitrogen and oxygen atoms in total. The SMILES string of the molecule is Cc1[c]c(C)c(-c2c(F)cccc2F)c(C(F)(C(F)(F)F)C(F)(F)F)c1. The Morgan fingerprint density at radius 2 is 1.23 bits per heavy atom. The Morgan fingerprint density at radius 3 is 1.65 bits per heavy atom. The van der Waals surface area contributed by atoms with Crippen LogP contribution in [0.5, 0.6) is 0 Å². The maximum Gasteiger partial charge on any atom is 0.435 e. The molecule has 1 radical (unpaired) electrons. The summed E-state index contributed by atoms with van der Waals surface area (Å²) in [4.78, 5) is 0. The zero-order valence-corrected chi connectivity index (χ0v) is 13.2. The molecule has 2 aromatic rings. The van der Waals surface area contributed by atoms with Crippen LogP contribution in [0.15, 0.2) is 24.3 Å². The van der Waals surface area contributed by atoms with Gasteiger partial charge in [0.15, 0.2) is 0 Å². The molecule has 26 heavy (non-hydrogen) atoms. The second-order valence-corrected chi connectivity index (χ2v) is 5.62. The van der Waals surface area contributed by atoms with Crippen LogP contribution in [0.3, 0.4) is 0 Å². The summed E-state index contributed by atoms with van der Waals surface area (Å²) in [6.45, 7) is 2.08. The Labute approximate surface area is 142 Å². The van der Waals surface area contributed by atoms with Crippen LogP contribution in [-0.4, -0.2) is 12.4 Å². The van der Waals surface area contributed by atoms with E-state index in [-0.39, 0.29) is 11.6 Å². The maximum atomic E-state index is 14.6. The van der Waals surface area contributed by atoms with Crippen molar-refractivity contribution < 1.29 is 39.5 Å². The average Bonchev–Trinajstić information content (AvgIpc) is 2.45. The van der Waals surface area contributed by atoms with E-state index in [9.17, 15) is 39.5 Å². The van der Waals surface area contributed by atoms with Crippen molar-refractivity contribution in [2.75, 3.05) is 0 Å². The van der Waals surface area contributed by atoms with Gasteiger partial charge in [-0.25, -0.2) is 13.2 Å². The fourth-order valence-corrected chi connectivity index (χ4v) is 2.68. The minimum atomic E-state index is -6.41. The van der Waals surface area contributed by atoms with E-state index in [2.05, 4.69) is 6.07 Å². The lowest BCUT2D eigenvalue weighted by atomic mass is 9.83. The number of aryl methyl sites for hydroxylation is 2. The van der Waals surface area contributed by atoms with Crippen molar-refractivity contribution in [3.05, 3.63) is 58.7 Å². The molecule has 0 aliphatic carbocycles. The molecule has 0 saturated carbocycles. The van der Waals surface area contributed by atoms with Crippen LogP contribution in [0.2, 0.25) is 0 Å². The second kappa shape index (κ2) is 6.21. The lowest BCUT2D eigenvalue weighted by Gasteiger charge is -2.32. The van der Waals surface area contributed by atoms with E-state index in [1.54, 1.807) is 0 Å². The number of halogens is 9. The van der Waals surface area contributed by atoms with Crippen molar-refractivity contribution in [1.29, 1.82) is 0 Å². The molecule has 9 heteroatoms. The molecule has 0 amide bonds. The van der Waals surface area contributed by atoms with Gasteiger partial charge in [0.25, 0.3) is 0 Å². The summed E-state index contributed by atoms with van der Waals surface area (Å²) in [5.41, 5.74) is -10.8. The molecular weight excluding hydrogens is 375 g/mol. The van der Waals surface area contributed by atoms with Gasteiger partial charge >= 0.3 is 18.0 Å². The first-order valence-corrected chi connectivity index (χ1v) is 7.02. The number of hydrogen-bond donors (Lipinski definition) is 0. The molecule has 0 unspecified atom stereocenters. The van der Waals surface area contributed by atoms with Gasteiger partial charge in [-0.15, -0.1) is 0 Å². The summed E-state index contributed by atoms with van der Waals surface area (Å²) in [5, 5.41) is 0. The van der Waals surface area contributed by atoms with Crippen molar-refractivity contribution in [2.45, 2.75) is 31.9 Å². The predicted molar refractivity (Wildman–Crippen MR) is 75.0 cm³/mol. The quantitative estimate of drug-likeness (QED) is 0.530. The summed E-state index contributed by atoms with van der Waals surface area (Å²) in [7, 11) is 0. The molecule has 0 saturated heterocycles. The van der Waals surface area contributed by atoms with Gasteiger partial charge in [-0.05, 0) is 48.7 Å². The largest absolute Gasteiger partial charge is 0.435 e. The molecule has 0 fully saturated rings. The van der Waals surface area contributed by atoms with E-state index in [0.717, 1.165) is 19.9 Å². The summed E-state index contributed by atoms with van der Waals surface area (Å²) in [6, 6.07) is 4.77. The first-order chi connectivity index (χ1) is 11.7. The van der Waals surface area contributed by atoms with E-state index in [1.807, 2.05) is 0 Å². The van der Waals surface area contributed by atoms with Crippen LogP contribution in [-0.2, 0) is 5.67 Å². The van der Waals surface area contributed by atoms with Crippen LogP contribution in [0.25, 0.3) is 11.1 Å². The highest BCUT2D eigenvalue weighted by Gasteiger charge is 2.74. The van der Waals surface area contributed by atoms with E-state index in [0.29, 0.717) is 12.1 Å². The third-order valence-corrected chi connectivity index (χ3v) is 3.75. The van der Waals surface area contributed by atoms with Crippen molar-refractivity contribution in [1.82, 2.24) is 0 Å². The van der Waals surface area contributed by atoms with Gasteiger partial charge in [0.05, 0.1) is 5.56 Å². The normalized spacial score (nSPS) is 13.2. The van der Waals surface area contributed by atoms with Crippen molar-refractivity contribution >= 4 is 0 Å². The molecule has 0 aliphatic rings. The smallest absolute Gasteiger partial charge is 0.218 e. The van der Waals surface area contributed by atoms with E-state index < -0.39 is 51.9 Å². The van der Waals surface area contributed by atoms with Gasteiger partial charge < -0.3 is 0 Å². The Kier molecular flexibility index (Phi) is 4.80. The summed E-state index contributed by atoms with van der Waals surface area (Å²) in [5.74, 6) is -2.86. The summed E-state index contributed by atoms with van der Waals surface area (Å²) >= 11 is 0. The van der Waals surface area contributed by atoms with Gasteiger partial charge in [0.1, 0.15) is 11.6 Å². The monoisotopic (exact) mass is 385 g/mol. The minimum Gasteiger partial charge on any atom is -0.218 e. The first kappa shape index (κ1) is 20.1. The summed E-state index contributed by atoms with van der Waals surface area (Å²) in [6.07, 6.45) is -12.8. The standard InChI is InChI=1S/C17H10F9/c1-8-6-9(2)13(14-11(18)4-3-5-12(14)19)10(7-8)15(20,16(21,22)23)17(24,25)26/h3-5,7H,1-2H3. The molecule has 0 bridgehead atoms. The Balaban J connectivity index is 3.03. The average molecular weight is 385 g/mol. The Hall–Kier alpha value is -2.19. The van der Waals surface area contributed by atoms with Gasteiger partial charge in [-0.2, -0.15) is 26.3 Å². The summed E-state index contributed by atoms with van der Waals surface area (Å²) < 4.78 is 122. The second-order valence-electron chi connectivity index (χ2n) is 5.62. The van der Waals surface area contributed by atoms with Gasteiger partial charge in [-0.1, -0.05) is 12.1 Å². The Morgan fingerprint density at radius 1 is 0.769 bits per heavy atom. The van der Waals surface area contributed by atoms with Gasteiger partial charge in [-0.3, -0.25) is 0 Å². The molecule has 2 aromatic carbocycles. The maximum absolute atomic E-state index is 14.6. The molecule has 2 rings (SSSR count). The minimum absolute atomic E-state index is 0.245. The highest BCUT2D eigenvalue weighted by atomic mass is 19.4. The third kappa shape index (κ3) is 3.03. The van der Waals surface area contributed by atoms with Gasteiger partial charge in [0.2, 0.25) is 0 Å². The van der Waals surface area contributed by atoms with E-state index in [4.69, 9.17) is 0 Å². The molecule has 0 heterocycles. The first-order valence-electron chi connectivity index (χ1n) is 7.02. The van der Waals surface area contributed by atoms with E-state index >= 15 is 0 Å². The lowest BCUT2D eigenvalue weighted by molar-refractivity contribution is -0.348. The molecule has 0 aliphatic heterocycles. The molecule has 0 spiro atoms.